The molecule has 0 spiro atoms. The second kappa shape index (κ2) is 9.84. The molecular formula is C21H22N2O7. The van der Waals surface area contributed by atoms with E-state index < -0.39 is 23.4 Å². The fourth-order valence-corrected chi connectivity index (χ4v) is 3.01. The van der Waals surface area contributed by atoms with E-state index in [-0.39, 0.29) is 23.0 Å². The normalized spacial score (nSPS) is 15.4. The maximum atomic E-state index is 12.2. The molecule has 30 heavy (non-hydrogen) atoms. The molecule has 1 saturated heterocycles. The van der Waals surface area contributed by atoms with Gasteiger partial charge < -0.3 is 19.5 Å². The molecule has 0 aliphatic carbocycles. The van der Waals surface area contributed by atoms with Gasteiger partial charge in [0.1, 0.15) is 18.0 Å². The number of nitro groups is 1. The first-order valence-electron chi connectivity index (χ1n) is 9.49. The highest BCUT2D eigenvalue weighted by Crippen LogP contribution is 2.27. The molecule has 2 aromatic rings. The van der Waals surface area contributed by atoms with Crippen LogP contribution < -0.4 is 10.1 Å². The van der Waals surface area contributed by atoms with Crippen molar-refractivity contribution >= 4 is 23.3 Å². The highest BCUT2D eigenvalue weighted by molar-refractivity contribution is 5.97. The number of nitrogens with one attached hydrogen (secondary N) is 1. The maximum absolute atomic E-state index is 12.2. The Morgan fingerprint density at radius 3 is 2.67 bits per heavy atom. The topological polar surface area (TPSA) is 117 Å². The molecule has 1 aliphatic heterocycles. The van der Waals surface area contributed by atoms with E-state index in [1.54, 1.807) is 25.1 Å². The maximum Gasteiger partial charge on any atom is 0.338 e. The van der Waals surface area contributed by atoms with Gasteiger partial charge in [-0.05, 0) is 49.6 Å². The first-order chi connectivity index (χ1) is 14.4. The van der Waals surface area contributed by atoms with Crippen LogP contribution in [0.15, 0.2) is 42.5 Å². The lowest BCUT2D eigenvalue weighted by Gasteiger charge is -2.12. The molecule has 1 heterocycles. The second-order valence-electron chi connectivity index (χ2n) is 6.82. The number of nitrogens with zero attached hydrogens (tertiary/aromatic N) is 1. The molecule has 1 aliphatic rings. The smallest absolute Gasteiger partial charge is 0.338 e. The van der Waals surface area contributed by atoms with Crippen molar-refractivity contribution in [3.05, 3.63) is 63.7 Å². The molecule has 9 heteroatoms. The SMILES string of the molecule is Cc1cccc([N+](=O)[O-])c1NC(=O)COC(=O)c1ccc(OC[C@H]2CCCO2)cc1. The molecule has 9 nitrogen and oxygen atoms in total. The predicted molar refractivity (Wildman–Crippen MR) is 108 cm³/mol. The first-order valence-corrected chi connectivity index (χ1v) is 9.49. The van der Waals surface area contributed by atoms with Crippen LogP contribution in [0, 0.1) is 17.0 Å². The van der Waals surface area contributed by atoms with E-state index in [4.69, 9.17) is 14.2 Å². The quantitative estimate of drug-likeness (QED) is 0.400. The lowest BCUT2D eigenvalue weighted by Crippen LogP contribution is -2.22. The van der Waals surface area contributed by atoms with Gasteiger partial charge in [0.15, 0.2) is 6.61 Å². The van der Waals surface area contributed by atoms with E-state index in [0.29, 0.717) is 17.9 Å². The van der Waals surface area contributed by atoms with E-state index in [2.05, 4.69) is 5.32 Å². The van der Waals surface area contributed by atoms with Crippen LogP contribution in [0.4, 0.5) is 11.4 Å². The van der Waals surface area contributed by atoms with Gasteiger partial charge in [0.05, 0.1) is 16.6 Å². The fraction of sp³-hybridized carbons (Fsp3) is 0.333. The van der Waals surface area contributed by atoms with Crippen LogP contribution in [-0.2, 0) is 14.3 Å². The van der Waals surface area contributed by atoms with Crippen LogP contribution in [-0.4, -0.2) is 42.7 Å². The Kier molecular flexibility index (Phi) is 6.97. The molecule has 0 bridgehead atoms. The summed E-state index contributed by atoms with van der Waals surface area (Å²) in [6, 6.07) is 10.8. The summed E-state index contributed by atoms with van der Waals surface area (Å²) in [5.74, 6) is -0.751. The van der Waals surface area contributed by atoms with Gasteiger partial charge in [-0.2, -0.15) is 0 Å². The Balaban J connectivity index is 1.50. The van der Waals surface area contributed by atoms with Crippen molar-refractivity contribution in [3.63, 3.8) is 0 Å². The molecule has 0 saturated carbocycles. The zero-order valence-corrected chi connectivity index (χ0v) is 16.5. The van der Waals surface area contributed by atoms with Crippen molar-refractivity contribution in [1.82, 2.24) is 0 Å². The average Bonchev–Trinajstić information content (AvgIpc) is 3.26. The van der Waals surface area contributed by atoms with Gasteiger partial charge in [0, 0.05) is 12.7 Å². The molecule has 1 fully saturated rings. The van der Waals surface area contributed by atoms with Crippen molar-refractivity contribution in [2.45, 2.75) is 25.9 Å². The Hall–Kier alpha value is -3.46. The van der Waals surface area contributed by atoms with Gasteiger partial charge in [-0.1, -0.05) is 12.1 Å². The van der Waals surface area contributed by atoms with E-state index in [1.807, 2.05) is 0 Å². The minimum atomic E-state index is -0.685. The minimum Gasteiger partial charge on any atom is -0.491 e. The zero-order chi connectivity index (χ0) is 21.5. The summed E-state index contributed by atoms with van der Waals surface area (Å²) in [7, 11) is 0. The number of esters is 1. The zero-order valence-electron chi connectivity index (χ0n) is 16.5. The number of anilines is 1. The number of carbonyl (C=O) groups is 2. The Morgan fingerprint density at radius 1 is 1.23 bits per heavy atom. The van der Waals surface area contributed by atoms with Crippen LogP contribution in [0.3, 0.4) is 0 Å². The highest BCUT2D eigenvalue weighted by Gasteiger charge is 2.19. The lowest BCUT2D eigenvalue weighted by atomic mass is 10.1. The Bertz CT molecular complexity index is 921. The Labute approximate surface area is 173 Å². The molecule has 1 atom stereocenters. The van der Waals surface area contributed by atoms with Gasteiger partial charge >= 0.3 is 5.97 Å². The summed E-state index contributed by atoms with van der Waals surface area (Å²) >= 11 is 0. The van der Waals surface area contributed by atoms with Gasteiger partial charge in [0.25, 0.3) is 11.6 Å². The fourth-order valence-electron chi connectivity index (χ4n) is 3.01. The molecular weight excluding hydrogens is 392 g/mol. The number of hydrogen-bond donors (Lipinski definition) is 1. The van der Waals surface area contributed by atoms with Crippen LogP contribution in [0.1, 0.15) is 28.8 Å². The monoisotopic (exact) mass is 414 g/mol. The van der Waals surface area contributed by atoms with Crippen molar-refractivity contribution in [2.75, 3.05) is 25.1 Å². The lowest BCUT2D eigenvalue weighted by molar-refractivity contribution is -0.384. The summed E-state index contributed by atoms with van der Waals surface area (Å²) in [5.41, 5.74) is 0.640. The molecule has 3 rings (SSSR count). The van der Waals surface area contributed by atoms with Gasteiger partial charge in [-0.15, -0.1) is 0 Å². The number of para-hydroxylation sites is 1. The summed E-state index contributed by atoms with van der Waals surface area (Å²) < 4.78 is 16.1. The third kappa shape index (κ3) is 5.54. The molecule has 0 aromatic heterocycles. The second-order valence-corrected chi connectivity index (χ2v) is 6.82. The summed E-state index contributed by atoms with van der Waals surface area (Å²) in [5, 5.41) is 13.5. The number of rotatable bonds is 8. The number of hydrogen-bond acceptors (Lipinski definition) is 7. The van der Waals surface area contributed by atoms with Gasteiger partial charge in [-0.3, -0.25) is 14.9 Å². The number of ether oxygens (including phenoxy) is 3. The molecule has 0 unspecified atom stereocenters. The summed E-state index contributed by atoms with van der Waals surface area (Å²) in [6.45, 7) is 2.28. The van der Waals surface area contributed by atoms with Crippen molar-refractivity contribution in [2.24, 2.45) is 0 Å². The van der Waals surface area contributed by atoms with Crippen LogP contribution in [0.2, 0.25) is 0 Å². The van der Waals surface area contributed by atoms with Crippen LogP contribution >= 0.6 is 0 Å². The van der Waals surface area contributed by atoms with Crippen molar-refractivity contribution in [3.8, 4) is 5.75 Å². The molecule has 1 amide bonds. The Morgan fingerprint density at radius 2 is 2.00 bits per heavy atom. The van der Waals surface area contributed by atoms with E-state index in [1.165, 1.54) is 24.3 Å². The third-order valence-corrected chi connectivity index (χ3v) is 4.60. The van der Waals surface area contributed by atoms with E-state index in [0.717, 1.165) is 19.4 Å². The number of benzene rings is 2. The summed E-state index contributed by atoms with van der Waals surface area (Å²) in [6.07, 6.45) is 2.10. The molecule has 1 N–H and O–H groups in total. The first kappa shape index (κ1) is 21.3. The van der Waals surface area contributed by atoms with Crippen molar-refractivity contribution in [1.29, 1.82) is 0 Å². The molecule has 158 valence electrons. The molecule has 0 radical (unpaired) electrons. The van der Waals surface area contributed by atoms with Gasteiger partial charge in [-0.25, -0.2) is 4.79 Å². The largest absolute Gasteiger partial charge is 0.491 e. The number of nitro benzene ring substituents is 1. The van der Waals surface area contributed by atoms with Crippen molar-refractivity contribution < 1.29 is 28.7 Å². The average molecular weight is 414 g/mol. The van der Waals surface area contributed by atoms with E-state index >= 15 is 0 Å². The van der Waals surface area contributed by atoms with E-state index in [9.17, 15) is 19.7 Å². The third-order valence-electron chi connectivity index (χ3n) is 4.60. The van der Waals surface area contributed by atoms with Crippen LogP contribution in [0.5, 0.6) is 5.75 Å². The van der Waals surface area contributed by atoms with Gasteiger partial charge in [0.2, 0.25) is 0 Å². The minimum absolute atomic E-state index is 0.0799. The number of carbonyl (C=O) groups excluding carboxylic acids is 2. The number of aryl methyl sites for hydroxylation is 1. The molecule has 2 aromatic carbocycles. The standard InChI is InChI=1S/C21H22N2O7/c1-14-4-2-6-18(23(26)27)20(14)22-19(24)13-30-21(25)15-7-9-16(10-8-15)29-12-17-5-3-11-28-17/h2,4,6-10,17H,3,5,11-13H2,1H3,(H,22,24)/t17-/m1/s1. The summed E-state index contributed by atoms with van der Waals surface area (Å²) in [4.78, 5) is 34.8. The predicted octanol–water partition coefficient (Wildman–Crippen LogP) is 3.26. The highest BCUT2D eigenvalue weighted by atomic mass is 16.6. The van der Waals surface area contributed by atoms with Crippen LogP contribution in [0.25, 0.3) is 0 Å². The number of amides is 1.